The fourth-order valence-electron chi connectivity index (χ4n) is 0.455. The molecule has 0 bridgehead atoms. The molecule has 0 fully saturated rings. The minimum atomic E-state index is -3.24. The summed E-state index contributed by atoms with van der Waals surface area (Å²) >= 11 is 0. The fourth-order valence-corrected chi connectivity index (χ4v) is 0.455. The Hall–Kier alpha value is -0.200. The Kier molecular flexibility index (Phi) is 2.76. The molecule has 0 spiro atoms. The lowest BCUT2D eigenvalue weighted by atomic mass is 9.99. The van der Waals surface area contributed by atoms with Gasteiger partial charge in [0, 0.05) is 0 Å². The zero-order valence-corrected chi connectivity index (χ0v) is 5.65. The highest BCUT2D eigenvalue weighted by Gasteiger charge is 2.45. The van der Waals surface area contributed by atoms with Crippen molar-refractivity contribution in [3.05, 3.63) is 0 Å². The maximum absolute atomic E-state index is 8.97. The molecule has 10 heavy (non-hydrogen) atoms. The van der Waals surface area contributed by atoms with E-state index >= 15 is 0 Å². The summed E-state index contributed by atoms with van der Waals surface area (Å²) in [5.74, 6) is -3.24. The van der Waals surface area contributed by atoms with Crippen molar-refractivity contribution in [1.82, 2.24) is 0 Å². The van der Waals surface area contributed by atoms with Crippen LogP contribution in [0.5, 0.6) is 0 Å². The summed E-state index contributed by atoms with van der Waals surface area (Å²) in [6.07, 6.45) is -0.160. The lowest BCUT2D eigenvalue weighted by molar-refractivity contribution is -0.396. The molecular weight excluding hydrogens is 140 g/mol. The SMILES string of the molecule is CCC(O)(CO)C(O)(O)O. The molecule has 0 heterocycles. The molecular formula is C5H12O5. The smallest absolute Gasteiger partial charge is 0.308 e. The van der Waals surface area contributed by atoms with Crippen LogP contribution in [-0.4, -0.2) is 43.7 Å². The third-order valence-electron chi connectivity index (χ3n) is 1.47. The number of aliphatic hydroxyl groups excluding tert-OH is 1. The van der Waals surface area contributed by atoms with Crippen LogP contribution in [0.25, 0.3) is 0 Å². The van der Waals surface area contributed by atoms with Crippen molar-refractivity contribution in [2.24, 2.45) is 0 Å². The van der Waals surface area contributed by atoms with Crippen LogP contribution in [-0.2, 0) is 0 Å². The van der Waals surface area contributed by atoms with Gasteiger partial charge in [0.15, 0.2) is 5.60 Å². The molecule has 0 aliphatic carbocycles. The molecule has 0 aromatic heterocycles. The normalized spacial score (nSPS) is 18.6. The van der Waals surface area contributed by atoms with Crippen molar-refractivity contribution in [2.45, 2.75) is 24.9 Å². The number of hydrogen-bond acceptors (Lipinski definition) is 5. The van der Waals surface area contributed by atoms with Gasteiger partial charge in [-0.2, -0.15) is 0 Å². The van der Waals surface area contributed by atoms with Crippen molar-refractivity contribution >= 4 is 0 Å². The van der Waals surface area contributed by atoms with Crippen LogP contribution in [0.3, 0.4) is 0 Å². The van der Waals surface area contributed by atoms with E-state index in [0.29, 0.717) is 0 Å². The first-order valence-corrected chi connectivity index (χ1v) is 2.87. The Balaban J connectivity index is 4.33. The minimum absolute atomic E-state index is 0.160. The molecule has 0 radical (unpaired) electrons. The molecule has 0 aromatic rings. The lowest BCUT2D eigenvalue weighted by Crippen LogP contribution is -2.56. The Morgan fingerprint density at radius 3 is 1.50 bits per heavy atom. The molecule has 0 aliphatic heterocycles. The quantitative estimate of drug-likeness (QED) is 0.294. The van der Waals surface area contributed by atoms with Crippen LogP contribution >= 0.6 is 0 Å². The van der Waals surface area contributed by atoms with Crippen LogP contribution in [0.2, 0.25) is 0 Å². The van der Waals surface area contributed by atoms with E-state index in [0.717, 1.165) is 0 Å². The molecule has 5 heteroatoms. The van der Waals surface area contributed by atoms with Crippen LogP contribution in [0.4, 0.5) is 0 Å². The van der Waals surface area contributed by atoms with E-state index in [1.165, 1.54) is 6.92 Å². The highest BCUT2D eigenvalue weighted by Crippen LogP contribution is 2.19. The molecule has 5 nitrogen and oxygen atoms in total. The summed E-state index contributed by atoms with van der Waals surface area (Å²) in [6, 6.07) is 0. The van der Waals surface area contributed by atoms with Gasteiger partial charge in [0.1, 0.15) is 0 Å². The topological polar surface area (TPSA) is 101 Å². The lowest BCUT2D eigenvalue weighted by Gasteiger charge is -2.32. The highest BCUT2D eigenvalue weighted by atomic mass is 16.7. The predicted molar refractivity (Wildman–Crippen MR) is 31.7 cm³/mol. The van der Waals surface area contributed by atoms with Crippen LogP contribution in [0.15, 0.2) is 0 Å². The van der Waals surface area contributed by atoms with Gasteiger partial charge in [-0.15, -0.1) is 0 Å². The second-order valence-electron chi connectivity index (χ2n) is 2.18. The molecule has 0 amide bonds. The summed E-state index contributed by atoms with van der Waals surface area (Å²) < 4.78 is 0. The predicted octanol–water partition coefficient (Wildman–Crippen LogP) is -2.25. The van der Waals surface area contributed by atoms with Crippen molar-refractivity contribution in [1.29, 1.82) is 0 Å². The van der Waals surface area contributed by atoms with Crippen molar-refractivity contribution in [3.8, 4) is 0 Å². The molecule has 0 saturated carbocycles. The standard InChI is InChI=1S/C5H12O5/c1-2-4(7,3-6)5(8,9)10/h6-10H,2-3H2,1H3. The van der Waals surface area contributed by atoms with E-state index in [2.05, 4.69) is 0 Å². The summed E-state index contributed by atoms with van der Waals surface area (Å²) in [6.45, 7) is 0.487. The maximum Gasteiger partial charge on any atom is 0.308 e. The van der Waals surface area contributed by atoms with Crippen molar-refractivity contribution in [3.63, 3.8) is 0 Å². The molecule has 0 aliphatic rings. The van der Waals surface area contributed by atoms with E-state index in [4.69, 9.17) is 25.5 Å². The second kappa shape index (κ2) is 2.81. The largest absolute Gasteiger partial charge is 0.393 e. The average molecular weight is 152 g/mol. The van der Waals surface area contributed by atoms with E-state index in [-0.39, 0.29) is 6.42 Å². The zero-order valence-electron chi connectivity index (χ0n) is 5.65. The van der Waals surface area contributed by atoms with E-state index in [1.54, 1.807) is 0 Å². The van der Waals surface area contributed by atoms with Crippen LogP contribution < -0.4 is 0 Å². The molecule has 5 N–H and O–H groups in total. The Bertz CT molecular complexity index is 101. The van der Waals surface area contributed by atoms with Gasteiger partial charge in [0.2, 0.25) is 0 Å². The first-order chi connectivity index (χ1) is 4.37. The molecule has 0 aromatic carbocycles. The van der Waals surface area contributed by atoms with Gasteiger partial charge in [0.25, 0.3) is 0 Å². The Morgan fingerprint density at radius 2 is 1.50 bits per heavy atom. The van der Waals surface area contributed by atoms with Crippen LogP contribution in [0, 0.1) is 0 Å². The molecule has 1 atom stereocenters. The summed E-state index contributed by atoms with van der Waals surface area (Å²) in [4.78, 5) is 0. The van der Waals surface area contributed by atoms with Gasteiger partial charge >= 0.3 is 5.97 Å². The zero-order chi connectivity index (χ0) is 8.41. The van der Waals surface area contributed by atoms with E-state index in [9.17, 15) is 0 Å². The van der Waals surface area contributed by atoms with Gasteiger partial charge in [-0.1, -0.05) is 6.92 Å². The van der Waals surface area contributed by atoms with Crippen molar-refractivity contribution in [2.75, 3.05) is 6.61 Å². The minimum Gasteiger partial charge on any atom is -0.393 e. The number of rotatable bonds is 3. The van der Waals surface area contributed by atoms with E-state index in [1.807, 2.05) is 0 Å². The van der Waals surface area contributed by atoms with Gasteiger partial charge in [-0.3, -0.25) is 0 Å². The third-order valence-corrected chi connectivity index (χ3v) is 1.47. The first-order valence-electron chi connectivity index (χ1n) is 2.87. The fraction of sp³-hybridized carbons (Fsp3) is 1.00. The molecule has 0 saturated heterocycles. The Morgan fingerprint density at radius 1 is 1.10 bits per heavy atom. The first kappa shape index (κ1) is 9.80. The monoisotopic (exact) mass is 152 g/mol. The Labute approximate surface area is 58.2 Å². The van der Waals surface area contributed by atoms with Crippen LogP contribution in [0.1, 0.15) is 13.3 Å². The highest BCUT2D eigenvalue weighted by molar-refractivity contribution is 4.82. The van der Waals surface area contributed by atoms with Gasteiger partial charge < -0.3 is 25.5 Å². The van der Waals surface area contributed by atoms with Gasteiger partial charge in [0.05, 0.1) is 6.61 Å². The van der Waals surface area contributed by atoms with Gasteiger partial charge in [-0.25, -0.2) is 0 Å². The number of hydrogen-bond donors (Lipinski definition) is 5. The molecule has 1 unspecified atom stereocenters. The summed E-state index contributed by atoms with van der Waals surface area (Å²) in [7, 11) is 0. The molecule has 62 valence electrons. The van der Waals surface area contributed by atoms with Gasteiger partial charge in [-0.05, 0) is 6.42 Å². The maximum atomic E-state index is 8.97. The number of aliphatic hydroxyl groups is 5. The summed E-state index contributed by atoms with van der Waals surface area (Å²) in [5.41, 5.74) is -2.26. The third kappa shape index (κ3) is 1.65. The van der Waals surface area contributed by atoms with E-state index < -0.39 is 18.2 Å². The molecule has 0 rings (SSSR count). The summed E-state index contributed by atoms with van der Waals surface area (Å²) in [5, 5.41) is 42.7. The second-order valence-corrected chi connectivity index (χ2v) is 2.18. The van der Waals surface area contributed by atoms with Crippen molar-refractivity contribution < 1.29 is 25.5 Å². The average Bonchev–Trinajstić information content (AvgIpc) is 1.84.